The minimum atomic E-state index is -1.30. The van der Waals surface area contributed by atoms with E-state index in [0.717, 1.165) is 0 Å². The molecule has 1 aliphatic heterocycles. The van der Waals surface area contributed by atoms with Crippen LogP contribution in [0.3, 0.4) is 0 Å². The Balaban J connectivity index is 2.31. The summed E-state index contributed by atoms with van der Waals surface area (Å²) in [6, 6.07) is -2.60. The van der Waals surface area contributed by atoms with Gasteiger partial charge in [0, 0.05) is 46.5 Å². The first kappa shape index (κ1) is 51.7. The number of aliphatic hydroxyl groups excluding tert-OH is 6. The molecule has 24 heteroatoms. The van der Waals surface area contributed by atoms with Crippen LogP contribution in [0.4, 0.5) is 11.4 Å². The van der Waals surface area contributed by atoms with Crippen molar-refractivity contribution < 1.29 is 59.4 Å². The Hall–Kier alpha value is -0.600. The average molecular weight is 1490 g/mol. The third-order valence-electron chi connectivity index (χ3n) is 8.60. The lowest BCUT2D eigenvalue weighted by molar-refractivity contribution is -0.130. The summed E-state index contributed by atoms with van der Waals surface area (Å²) in [5.41, 5.74) is 0.139. The maximum Gasteiger partial charge on any atom is 0.253 e. The Morgan fingerprint density at radius 1 is 0.534 bits per heavy atom. The van der Waals surface area contributed by atoms with Gasteiger partial charge in [-0.15, -0.1) is 0 Å². The molecule has 0 aliphatic carbocycles. The third kappa shape index (κ3) is 11.5. The van der Waals surface area contributed by atoms with Gasteiger partial charge in [-0.25, -0.2) is 0 Å². The molecule has 0 bridgehead atoms. The zero-order valence-electron chi connectivity index (χ0n) is 30.7. The number of carbonyl (C=O) groups excluding carboxylic acids is 6. The molecule has 4 unspecified atom stereocenters. The van der Waals surface area contributed by atoms with Crippen molar-refractivity contribution >= 4 is 182 Å². The molecule has 4 atom stereocenters. The van der Waals surface area contributed by atoms with E-state index in [0.29, 0.717) is 0 Å². The third-order valence-corrected chi connectivity index (χ3v) is 15.0. The molecule has 0 spiro atoms. The summed E-state index contributed by atoms with van der Waals surface area (Å²) in [6.07, 6.45) is -2.09. The van der Waals surface area contributed by atoms with Crippen molar-refractivity contribution in [2.24, 2.45) is 0 Å². The van der Waals surface area contributed by atoms with E-state index in [-0.39, 0.29) is 107 Å². The lowest BCUT2D eigenvalue weighted by Crippen LogP contribution is -2.64. The highest BCUT2D eigenvalue weighted by Gasteiger charge is 2.48. The van der Waals surface area contributed by atoms with Crippen molar-refractivity contribution in [2.45, 2.75) is 51.0 Å². The van der Waals surface area contributed by atoms with Gasteiger partial charge < -0.3 is 51.9 Å². The zero-order chi connectivity index (χ0) is 43.8. The van der Waals surface area contributed by atoms with Crippen molar-refractivity contribution in [1.29, 1.82) is 0 Å². The quantitative estimate of drug-likeness (QED) is 0.0736. The van der Waals surface area contributed by atoms with Gasteiger partial charge in [-0.1, -0.05) is 0 Å². The van der Waals surface area contributed by atoms with Gasteiger partial charge in [0.1, 0.15) is 12.1 Å². The van der Waals surface area contributed by atoms with Crippen LogP contribution in [0, 0.1) is 21.4 Å². The van der Waals surface area contributed by atoms with Gasteiger partial charge in [-0.2, -0.15) is 0 Å². The SMILES string of the molecule is CC1C(=O)N(c2c(I)c(C(=O)NCCCO)c(I)c(C(=O)NCC(O)CO)c2I)C(C)C(=O)N1c1c(I)c(C(=O)NCCCO)c(I)c(C(=O)NCC(O)CO)c1I. The summed E-state index contributed by atoms with van der Waals surface area (Å²) in [5, 5.41) is 67.6. The van der Waals surface area contributed by atoms with Crippen LogP contribution in [-0.2, 0) is 9.59 Å². The molecule has 2 aromatic rings. The molecule has 0 aromatic heterocycles. The number of rotatable bonds is 18. The summed E-state index contributed by atoms with van der Waals surface area (Å²) in [7, 11) is 0. The molecule has 58 heavy (non-hydrogen) atoms. The molecule has 3 rings (SSSR count). The Bertz CT molecular complexity index is 1810. The van der Waals surface area contributed by atoms with Crippen LogP contribution >= 0.6 is 136 Å². The molecule has 10 N–H and O–H groups in total. The van der Waals surface area contributed by atoms with Gasteiger partial charge in [0.2, 0.25) is 0 Å². The number of hydrogen-bond donors (Lipinski definition) is 10. The summed E-state index contributed by atoms with van der Waals surface area (Å²) < 4.78 is 1.28. The predicted octanol–water partition coefficient (Wildman–Crippen LogP) is 0.861. The summed E-state index contributed by atoms with van der Waals surface area (Å²) >= 11 is 11.2. The maximum atomic E-state index is 14.8. The van der Waals surface area contributed by atoms with Gasteiger partial charge in [-0.3, -0.25) is 38.6 Å². The molecule has 0 radical (unpaired) electrons. The lowest BCUT2D eigenvalue weighted by atomic mass is 9.99. The number of anilines is 2. The zero-order valence-corrected chi connectivity index (χ0v) is 43.6. The van der Waals surface area contributed by atoms with Crippen LogP contribution in [0.2, 0.25) is 0 Å². The number of amides is 6. The van der Waals surface area contributed by atoms with E-state index in [4.69, 9.17) is 0 Å². The van der Waals surface area contributed by atoms with Crippen LogP contribution < -0.4 is 31.1 Å². The normalized spacial score (nSPS) is 16.6. The first-order chi connectivity index (χ1) is 27.3. The summed E-state index contributed by atoms with van der Waals surface area (Å²) in [5.74, 6) is -3.98. The standard InChI is InChI=1S/C34H40I6N6O12/c1-13-33(57)46(28-24(38)18(30(54)42-6-4-8-48)22(36)20(26(28)40)32(56)44-10-16(52)12-50)14(2)34(58)45(13)27-23(37)17(29(53)41-5-3-7-47)21(35)19(25(27)39)31(55)43-9-15(51)11-49/h13-16,47-52H,3-12H2,1-2H3,(H,41,53)(H,42,54)(H,43,55)(H,44,56). The Morgan fingerprint density at radius 2 is 0.810 bits per heavy atom. The Labute approximate surface area is 415 Å². The Morgan fingerprint density at radius 3 is 1.07 bits per heavy atom. The predicted molar refractivity (Wildman–Crippen MR) is 262 cm³/mol. The second kappa shape index (κ2) is 23.7. The van der Waals surface area contributed by atoms with E-state index in [1.165, 1.54) is 23.6 Å². The van der Waals surface area contributed by atoms with E-state index >= 15 is 0 Å². The van der Waals surface area contributed by atoms with Gasteiger partial charge in [0.05, 0.1) is 73.3 Å². The highest BCUT2D eigenvalue weighted by atomic mass is 127. The molecule has 1 heterocycles. The van der Waals surface area contributed by atoms with Crippen LogP contribution in [0.1, 0.15) is 68.1 Å². The molecule has 1 fully saturated rings. The minimum absolute atomic E-state index is 0.0190. The van der Waals surface area contributed by atoms with Gasteiger partial charge in [0.15, 0.2) is 0 Å². The number of halogens is 6. The van der Waals surface area contributed by atoms with Crippen molar-refractivity contribution in [3.8, 4) is 0 Å². The number of aliphatic hydroxyl groups is 6. The fourth-order valence-corrected chi connectivity index (χ4v) is 14.9. The minimum Gasteiger partial charge on any atom is -0.396 e. The van der Waals surface area contributed by atoms with E-state index in [1.54, 1.807) is 0 Å². The first-order valence-corrected chi connectivity index (χ1v) is 23.8. The highest BCUT2D eigenvalue weighted by Crippen LogP contribution is 2.44. The van der Waals surface area contributed by atoms with Gasteiger partial charge >= 0.3 is 0 Å². The Kier molecular flexibility index (Phi) is 21.2. The van der Waals surface area contributed by atoms with Crippen molar-refractivity contribution in [2.75, 3.05) is 62.4 Å². The second-order valence-corrected chi connectivity index (χ2v) is 19.1. The van der Waals surface area contributed by atoms with Crippen LogP contribution in [0.25, 0.3) is 0 Å². The smallest absolute Gasteiger partial charge is 0.253 e. The molecule has 1 aliphatic rings. The van der Waals surface area contributed by atoms with Crippen LogP contribution in [0.15, 0.2) is 0 Å². The molecule has 18 nitrogen and oxygen atoms in total. The number of hydrogen-bond acceptors (Lipinski definition) is 12. The maximum absolute atomic E-state index is 14.8. The number of piperazine rings is 1. The fraction of sp³-hybridized carbons (Fsp3) is 0.471. The number of nitrogens with one attached hydrogen (secondary N) is 4. The first-order valence-electron chi connectivity index (χ1n) is 17.3. The van der Waals surface area contributed by atoms with Crippen LogP contribution in [-0.4, -0.2) is 143 Å². The van der Waals surface area contributed by atoms with E-state index in [2.05, 4.69) is 21.3 Å². The summed E-state index contributed by atoms with van der Waals surface area (Å²) in [6.45, 7) is 0.778. The highest BCUT2D eigenvalue weighted by molar-refractivity contribution is 14.1. The number of benzene rings is 2. The molecule has 320 valence electrons. The molecule has 0 saturated carbocycles. The lowest BCUT2D eigenvalue weighted by Gasteiger charge is -2.44. The molecule has 2 aromatic carbocycles. The average Bonchev–Trinajstić information content (AvgIpc) is 3.17. The fourth-order valence-electron chi connectivity index (χ4n) is 5.60. The van der Waals surface area contributed by atoms with Crippen molar-refractivity contribution in [3.05, 3.63) is 43.7 Å². The van der Waals surface area contributed by atoms with E-state index < -0.39 is 72.9 Å². The van der Waals surface area contributed by atoms with Crippen molar-refractivity contribution in [3.63, 3.8) is 0 Å². The molecular formula is C34H40I6N6O12. The van der Waals surface area contributed by atoms with Crippen LogP contribution in [0.5, 0.6) is 0 Å². The number of nitrogens with zero attached hydrogens (tertiary/aromatic N) is 2. The van der Waals surface area contributed by atoms with Gasteiger partial charge in [0.25, 0.3) is 35.4 Å². The summed E-state index contributed by atoms with van der Waals surface area (Å²) in [4.78, 5) is 86.8. The molecule has 6 amide bonds. The van der Waals surface area contributed by atoms with Crippen molar-refractivity contribution in [1.82, 2.24) is 21.3 Å². The second-order valence-electron chi connectivity index (χ2n) is 12.6. The largest absolute Gasteiger partial charge is 0.396 e. The molecular weight excluding hydrogens is 1450 g/mol. The molecule has 1 saturated heterocycles. The van der Waals surface area contributed by atoms with E-state index in [9.17, 15) is 59.4 Å². The topological polar surface area (TPSA) is 278 Å². The van der Waals surface area contributed by atoms with E-state index in [1.807, 2.05) is 136 Å². The monoisotopic (exact) mass is 1490 g/mol. The van der Waals surface area contributed by atoms with Gasteiger partial charge in [-0.05, 0) is 162 Å². The number of carbonyl (C=O) groups is 6.